The van der Waals surface area contributed by atoms with Crippen LogP contribution in [0.5, 0.6) is 0 Å². The largest absolute Gasteiger partial charge is 0.369 e. The monoisotopic (exact) mass is 393 g/mol. The Labute approximate surface area is 175 Å². The number of unbranched alkanes of at least 4 members (excludes halogenated alkanes) is 1. The molecule has 4 heteroatoms. The molecule has 1 aliphatic heterocycles. The minimum Gasteiger partial charge on any atom is -0.369 e. The van der Waals surface area contributed by atoms with Gasteiger partial charge in [-0.3, -0.25) is 4.90 Å². The SMILES string of the molecule is CCCC(N=O)c1ccc(CCCCN2CCN(c3cccc(C)c3)CC2)cc1. The third-order valence-corrected chi connectivity index (χ3v) is 5.98. The fraction of sp³-hybridized carbons (Fsp3) is 0.520. The Kier molecular flexibility index (Phi) is 8.24. The molecule has 1 aliphatic rings. The molecule has 0 saturated carbocycles. The van der Waals surface area contributed by atoms with Gasteiger partial charge in [-0.2, -0.15) is 4.91 Å². The van der Waals surface area contributed by atoms with Gasteiger partial charge in [0.2, 0.25) is 0 Å². The second-order valence-electron chi connectivity index (χ2n) is 8.28. The molecule has 29 heavy (non-hydrogen) atoms. The Bertz CT molecular complexity index is 751. The predicted molar refractivity (Wildman–Crippen MR) is 123 cm³/mol. The lowest BCUT2D eigenvalue weighted by Crippen LogP contribution is -2.46. The van der Waals surface area contributed by atoms with Crippen molar-refractivity contribution in [3.8, 4) is 0 Å². The van der Waals surface area contributed by atoms with Crippen molar-refractivity contribution in [3.63, 3.8) is 0 Å². The lowest BCUT2D eigenvalue weighted by molar-refractivity contribution is 0.253. The van der Waals surface area contributed by atoms with Crippen LogP contribution in [0.2, 0.25) is 0 Å². The van der Waals surface area contributed by atoms with Gasteiger partial charge in [0.05, 0.1) is 0 Å². The summed E-state index contributed by atoms with van der Waals surface area (Å²) in [4.78, 5) is 16.1. The number of nitrogens with zero attached hydrogens (tertiary/aromatic N) is 3. The number of rotatable bonds is 10. The molecule has 0 spiro atoms. The number of hydrogen-bond donors (Lipinski definition) is 0. The normalized spacial score (nSPS) is 16.0. The third kappa shape index (κ3) is 6.40. The Morgan fingerprint density at radius 1 is 1.00 bits per heavy atom. The van der Waals surface area contributed by atoms with Crippen LogP contribution < -0.4 is 4.90 Å². The van der Waals surface area contributed by atoms with Crippen molar-refractivity contribution in [2.75, 3.05) is 37.6 Å². The number of benzene rings is 2. The second kappa shape index (κ2) is 11.1. The molecule has 0 bridgehead atoms. The minimum atomic E-state index is -0.187. The van der Waals surface area contributed by atoms with Gasteiger partial charge in [0.1, 0.15) is 6.04 Å². The fourth-order valence-corrected chi connectivity index (χ4v) is 4.18. The van der Waals surface area contributed by atoms with Crippen LogP contribution >= 0.6 is 0 Å². The van der Waals surface area contributed by atoms with E-state index in [2.05, 4.69) is 77.4 Å². The third-order valence-electron chi connectivity index (χ3n) is 5.98. The average molecular weight is 394 g/mol. The summed E-state index contributed by atoms with van der Waals surface area (Å²) in [6.07, 6.45) is 5.37. The van der Waals surface area contributed by atoms with E-state index in [0.29, 0.717) is 0 Å². The van der Waals surface area contributed by atoms with Gasteiger partial charge in [-0.25, -0.2) is 0 Å². The van der Waals surface area contributed by atoms with Crippen LogP contribution in [0.15, 0.2) is 53.7 Å². The molecule has 4 nitrogen and oxygen atoms in total. The maximum Gasteiger partial charge on any atom is 0.117 e. The van der Waals surface area contributed by atoms with E-state index in [9.17, 15) is 4.91 Å². The molecule has 1 atom stereocenters. The molecule has 2 aromatic carbocycles. The summed E-state index contributed by atoms with van der Waals surface area (Å²) >= 11 is 0. The second-order valence-corrected chi connectivity index (χ2v) is 8.28. The lowest BCUT2D eigenvalue weighted by atomic mass is 10.00. The summed E-state index contributed by atoms with van der Waals surface area (Å²) < 4.78 is 0. The summed E-state index contributed by atoms with van der Waals surface area (Å²) in [5, 5.41) is 3.27. The Morgan fingerprint density at radius 2 is 1.76 bits per heavy atom. The molecule has 2 aromatic rings. The van der Waals surface area contributed by atoms with Gasteiger partial charge < -0.3 is 4.90 Å². The Hall–Kier alpha value is -2.20. The molecule has 0 N–H and O–H groups in total. The van der Waals surface area contributed by atoms with Crippen LogP contribution in [0.4, 0.5) is 5.69 Å². The van der Waals surface area contributed by atoms with Crippen LogP contribution in [0.1, 0.15) is 55.3 Å². The van der Waals surface area contributed by atoms with E-state index >= 15 is 0 Å². The van der Waals surface area contributed by atoms with Gasteiger partial charge in [-0.1, -0.05) is 54.9 Å². The van der Waals surface area contributed by atoms with Crippen LogP contribution in [0, 0.1) is 11.8 Å². The van der Waals surface area contributed by atoms with Gasteiger partial charge >= 0.3 is 0 Å². The molecular weight excluding hydrogens is 358 g/mol. The maximum absolute atomic E-state index is 11.0. The van der Waals surface area contributed by atoms with E-state index in [1.54, 1.807) is 0 Å². The maximum atomic E-state index is 11.0. The van der Waals surface area contributed by atoms with Gasteiger partial charge in [0.25, 0.3) is 0 Å². The fourth-order valence-electron chi connectivity index (χ4n) is 4.18. The summed E-state index contributed by atoms with van der Waals surface area (Å²) in [5.74, 6) is 0. The molecule has 1 saturated heterocycles. The van der Waals surface area contributed by atoms with Gasteiger partial charge in [0, 0.05) is 31.9 Å². The van der Waals surface area contributed by atoms with Crippen LogP contribution in [0.3, 0.4) is 0 Å². The quantitative estimate of drug-likeness (QED) is 0.381. The van der Waals surface area contributed by atoms with E-state index in [1.807, 2.05) is 0 Å². The first-order valence-corrected chi connectivity index (χ1v) is 11.1. The predicted octanol–water partition coefficient (Wildman–Crippen LogP) is 5.75. The lowest BCUT2D eigenvalue weighted by Gasteiger charge is -2.36. The molecule has 0 aromatic heterocycles. The molecule has 1 heterocycles. The number of nitroso groups, excluding NO2 is 1. The smallest absolute Gasteiger partial charge is 0.117 e. The zero-order valence-corrected chi connectivity index (χ0v) is 18.0. The van der Waals surface area contributed by atoms with Crippen molar-refractivity contribution in [2.24, 2.45) is 5.18 Å². The van der Waals surface area contributed by atoms with Crippen molar-refractivity contribution in [3.05, 3.63) is 70.1 Å². The zero-order valence-electron chi connectivity index (χ0n) is 18.0. The van der Waals surface area contributed by atoms with Crippen molar-refractivity contribution in [1.29, 1.82) is 0 Å². The molecule has 0 amide bonds. The van der Waals surface area contributed by atoms with E-state index in [0.717, 1.165) is 51.0 Å². The number of aryl methyl sites for hydroxylation is 2. The first-order chi connectivity index (χ1) is 14.2. The van der Waals surface area contributed by atoms with E-state index in [1.165, 1.54) is 36.2 Å². The van der Waals surface area contributed by atoms with Crippen LogP contribution in [-0.2, 0) is 6.42 Å². The summed E-state index contributed by atoms with van der Waals surface area (Å²) in [7, 11) is 0. The average Bonchev–Trinajstić information content (AvgIpc) is 2.76. The highest BCUT2D eigenvalue weighted by Crippen LogP contribution is 2.23. The van der Waals surface area contributed by atoms with Crippen LogP contribution in [0.25, 0.3) is 0 Å². The summed E-state index contributed by atoms with van der Waals surface area (Å²) in [6.45, 7) is 9.99. The zero-order chi connectivity index (χ0) is 20.5. The Balaban J connectivity index is 1.35. The van der Waals surface area contributed by atoms with Gasteiger partial charge in [0.15, 0.2) is 0 Å². The van der Waals surface area contributed by atoms with Gasteiger partial charge in [-0.05, 0) is 68.0 Å². The molecule has 156 valence electrons. The van der Waals surface area contributed by atoms with Crippen molar-refractivity contribution in [1.82, 2.24) is 4.90 Å². The highest BCUT2D eigenvalue weighted by atomic mass is 16.3. The molecular formula is C25H35N3O. The topological polar surface area (TPSA) is 35.9 Å². The number of anilines is 1. The molecule has 0 radical (unpaired) electrons. The molecule has 3 rings (SSSR count). The van der Waals surface area contributed by atoms with E-state index < -0.39 is 0 Å². The number of hydrogen-bond acceptors (Lipinski definition) is 4. The first kappa shape index (κ1) is 21.5. The Morgan fingerprint density at radius 3 is 2.41 bits per heavy atom. The number of piperazine rings is 1. The molecule has 0 aliphatic carbocycles. The summed E-state index contributed by atoms with van der Waals surface area (Å²) in [6, 6.07) is 17.2. The highest BCUT2D eigenvalue weighted by molar-refractivity contribution is 5.48. The first-order valence-electron chi connectivity index (χ1n) is 11.1. The van der Waals surface area contributed by atoms with Crippen LogP contribution in [-0.4, -0.2) is 37.6 Å². The molecule has 1 unspecified atom stereocenters. The van der Waals surface area contributed by atoms with Crippen molar-refractivity contribution >= 4 is 5.69 Å². The van der Waals surface area contributed by atoms with E-state index in [-0.39, 0.29) is 6.04 Å². The minimum absolute atomic E-state index is 0.187. The molecule has 1 fully saturated rings. The van der Waals surface area contributed by atoms with Crippen molar-refractivity contribution in [2.45, 2.75) is 52.0 Å². The van der Waals surface area contributed by atoms with Crippen molar-refractivity contribution < 1.29 is 0 Å². The van der Waals surface area contributed by atoms with E-state index in [4.69, 9.17) is 0 Å². The summed E-state index contributed by atoms with van der Waals surface area (Å²) in [5.41, 5.74) is 5.11. The standard InChI is InChI=1S/C25H35N3O/c1-3-7-25(26-29)23-13-11-22(12-14-23)9-4-5-15-27-16-18-28(19-17-27)24-10-6-8-21(2)20-24/h6,8,10-14,20,25H,3-5,7,9,15-19H2,1-2H3. The highest BCUT2D eigenvalue weighted by Gasteiger charge is 2.16. The van der Waals surface area contributed by atoms with Gasteiger partial charge in [-0.15, -0.1) is 0 Å².